The molecular weight excluding hydrogens is 266 g/mol. The molecule has 0 aromatic carbocycles. The standard InChI is InChI=1S/C15H23N5O/c1-9-11-7-10(8-17-12(11)20(6)19-9)18-13(21)14(2,3)15(4,5)16/h7-8H,16H2,1-6H3,(H,18,21). The molecule has 1 amide bonds. The molecule has 0 saturated carbocycles. The molecule has 2 heterocycles. The molecule has 0 aliphatic rings. The zero-order valence-corrected chi connectivity index (χ0v) is 13.5. The van der Waals surface area contributed by atoms with E-state index in [1.807, 2.05) is 47.7 Å². The highest BCUT2D eigenvalue weighted by molar-refractivity contribution is 5.97. The van der Waals surface area contributed by atoms with E-state index in [0.29, 0.717) is 5.69 Å². The number of anilines is 1. The van der Waals surface area contributed by atoms with Crippen molar-refractivity contribution in [2.24, 2.45) is 18.2 Å². The maximum Gasteiger partial charge on any atom is 0.231 e. The van der Waals surface area contributed by atoms with Crippen LogP contribution in [0.25, 0.3) is 11.0 Å². The Hall–Kier alpha value is -1.95. The molecule has 114 valence electrons. The second kappa shape index (κ2) is 4.80. The SMILES string of the molecule is Cc1nn(C)c2ncc(NC(=O)C(C)(C)C(C)(C)N)cc12. The lowest BCUT2D eigenvalue weighted by Crippen LogP contribution is -2.53. The minimum Gasteiger partial charge on any atom is -0.325 e. The van der Waals surface area contributed by atoms with Crippen molar-refractivity contribution in [3.05, 3.63) is 18.0 Å². The molecule has 0 bridgehead atoms. The van der Waals surface area contributed by atoms with Crippen molar-refractivity contribution < 1.29 is 4.79 Å². The molecule has 0 radical (unpaired) electrons. The minimum absolute atomic E-state index is 0.127. The summed E-state index contributed by atoms with van der Waals surface area (Å²) in [5, 5.41) is 8.15. The van der Waals surface area contributed by atoms with Crippen LogP contribution in [0.4, 0.5) is 5.69 Å². The Labute approximate surface area is 124 Å². The van der Waals surface area contributed by atoms with Gasteiger partial charge in [-0.25, -0.2) is 4.98 Å². The lowest BCUT2D eigenvalue weighted by Gasteiger charge is -2.36. The third kappa shape index (κ3) is 2.63. The highest BCUT2D eigenvalue weighted by atomic mass is 16.2. The van der Waals surface area contributed by atoms with E-state index in [4.69, 9.17) is 5.73 Å². The Bertz CT molecular complexity index is 694. The van der Waals surface area contributed by atoms with E-state index in [2.05, 4.69) is 15.4 Å². The van der Waals surface area contributed by atoms with Crippen LogP contribution < -0.4 is 11.1 Å². The van der Waals surface area contributed by atoms with E-state index in [1.54, 1.807) is 10.9 Å². The summed E-state index contributed by atoms with van der Waals surface area (Å²) in [4.78, 5) is 16.8. The number of aromatic nitrogens is 3. The van der Waals surface area contributed by atoms with Gasteiger partial charge in [0.05, 0.1) is 23.0 Å². The maximum absolute atomic E-state index is 12.5. The molecule has 2 aromatic rings. The predicted molar refractivity (Wildman–Crippen MR) is 83.9 cm³/mol. The number of hydrogen-bond acceptors (Lipinski definition) is 4. The van der Waals surface area contributed by atoms with Gasteiger partial charge in [-0.15, -0.1) is 0 Å². The van der Waals surface area contributed by atoms with E-state index >= 15 is 0 Å². The van der Waals surface area contributed by atoms with Crippen LogP contribution in [0.5, 0.6) is 0 Å². The zero-order chi connectivity index (χ0) is 16.0. The number of carbonyl (C=O) groups excluding carboxylic acids is 1. The summed E-state index contributed by atoms with van der Waals surface area (Å²) in [6.45, 7) is 9.29. The molecule has 21 heavy (non-hydrogen) atoms. The summed E-state index contributed by atoms with van der Waals surface area (Å²) in [7, 11) is 1.85. The van der Waals surface area contributed by atoms with Crippen LogP contribution in [0.2, 0.25) is 0 Å². The summed E-state index contributed by atoms with van der Waals surface area (Å²) in [6.07, 6.45) is 1.64. The molecule has 6 nitrogen and oxygen atoms in total. The van der Waals surface area contributed by atoms with Crippen LogP contribution >= 0.6 is 0 Å². The lowest BCUT2D eigenvalue weighted by molar-refractivity contribution is -0.126. The van der Waals surface area contributed by atoms with Gasteiger partial charge in [0.25, 0.3) is 0 Å². The fourth-order valence-corrected chi connectivity index (χ4v) is 1.96. The Morgan fingerprint density at radius 1 is 1.33 bits per heavy atom. The smallest absolute Gasteiger partial charge is 0.231 e. The van der Waals surface area contributed by atoms with Gasteiger partial charge in [0.15, 0.2) is 5.65 Å². The second-order valence-electron chi connectivity index (χ2n) is 6.60. The number of aryl methyl sites for hydroxylation is 2. The summed E-state index contributed by atoms with van der Waals surface area (Å²) in [5.41, 5.74) is 7.10. The van der Waals surface area contributed by atoms with Gasteiger partial charge in [-0.05, 0) is 40.7 Å². The fourth-order valence-electron chi connectivity index (χ4n) is 1.96. The molecule has 0 saturated heterocycles. The molecule has 0 fully saturated rings. The lowest BCUT2D eigenvalue weighted by atomic mass is 9.74. The van der Waals surface area contributed by atoms with Gasteiger partial charge in [-0.3, -0.25) is 9.48 Å². The number of hydrogen-bond donors (Lipinski definition) is 2. The van der Waals surface area contributed by atoms with Gasteiger partial charge in [-0.2, -0.15) is 5.10 Å². The van der Waals surface area contributed by atoms with Gasteiger partial charge in [-0.1, -0.05) is 0 Å². The van der Waals surface area contributed by atoms with Crippen molar-refractivity contribution in [1.29, 1.82) is 0 Å². The van der Waals surface area contributed by atoms with E-state index in [-0.39, 0.29) is 5.91 Å². The van der Waals surface area contributed by atoms with Crippen LogP contribution in [-0.2, 0) is 11.8 Å². The summed E-state index contributed by atoms with van der Waals surface area (Å²) < 4.78 is 1.73. The maximum atomic E-state index is 12.5. The average Bonchev–Trinajstić information content (AvgIpc) is 2.63. The Kier molecular flexibility index (Phi) is 3.53. The Balaban J connectivity index is 2.32. The number of nitrogens with zero attached hydrogens (tertiary/aromatic N) is 3. The van der Waals surface area contributed by atoms with Crippen LogP contribution in [-0.4, -0.2) is 26.2 Å². The molecular formula is C15H23N5O. The van der Waals surface area contributed by atoms with E-state index in [0.717, 1.165) is 16.7 Å². The highest BCUT2D eigenvalue weighted by Gasteiger charge is 2.40. The number of fused-ring (bicyclic) bond motifs is 1. The van der Waals surface area contributed by atoms with E-state index < -0.39 is 11.0 Å². The summed E-state index contributed by atoms with van der Waals surface area (Å²) >= 11 is 0. The van der Waals surface area contributed by atoms with Crippen LogP contribution in [0, 0.1) is 12.3 Å². The first-order chi connectivity index (χ1) is 9.54. The third-order valence-corrected chi connectivity index (χ3v) is 4.30. The third-order valence-electron chi connectivity index (χ3n) is 4.30. The van der Waals surface area contributed by atoms with Gasteiger partial charge >= 0.3 is 0 Å². The molecule has 0 unspecified atom stereocenters. The van der Waals surface area contributed by atoms with Crippen LogP contribution in [0.3, 0.4) is 0 Å². The van der Waals surface area contributed by atoms with Crippen molar-refractivity contribution in [3.8, 4) is 0 Å². The highest BCUT2D eigenvalue weighted by Crippen LogP contribution is 2.30. The summed E-state index contributed by atoms with van der Waals surface area (Å²) in [6, 6.07) is 1.89. The van der Waals surface area contributed by atoms with E-state index in [1.165, 1.54) is 0 Å². The first-order valence-corrected chi connectivity index (χ1v) is 6.94. The van der Waals surface area contributed by atoms with Crippen molar-refractivity contribution in [1.82, 2.24) is 14.8 Å². The molecule has 0 aliphatic heterocycles. The normalized spacial score (nSPS) is 12.7. The molecule has 0 aliphatic carbocycles. The van der Waals surface area contributed by atoms with Crippen molar-refractivity contribution >= 4 is 22.6 Å². The Morgan fingerprint density at radius 3 is 2.52 bits per heavy atom. The first kappa shape index (κ1) is 15.4. The van der Waals surface area contributed by atoms with Crippen LogP contribution in [0.1, 0.15) is 33.4 Å². The minimum atomic E-state index is -0.702. The number of amides is 1. The number of nitrogens with two attached hydrogens (primary N) is 1. The molecule has 0 atom stereocenters. The number of nitrogens with one attached hydrogen (secondary N) is 1. The molecule has 6 heteroatoms. The van der Waals surface area contributed by atoms with Gasteiger partial charge in [0.1, 0.15) is 0 Å². The second-order valence-corrected chi connectivity index (χ2v) is 6.60. The largest absolute Gasteiger partial charge is 0.325 e. The quantitative estimate of drug-likeness (QED) is 0.904. The summed E-state index contributed by atoms with van der Waals surface area (Å²) in [5.74, 6) is -0.127. The molecule has 0 spiro atoms. The van der Waals surface area contributed by atoms with Crippen molar-refractivity contribution in [2.75, 3.05) is 5.32 Å². The molecule has 3 N–H and O–H groups in total. The van der Waals surface area contributed by atoms with Crippen LogP contribution in [0.15, 0.2) is 12.3 Å². The van der Waals surface area contributed by atoms with Gasteiger partial charge in [0, 0.05) is 18.0 Å². The number of carbonyl (C=O) groups is 1. The zero-order valence-electron chi connectivity index (χ0n) is 13.5. The fraction of sp³-hybridized carbons (Fsp3) is 0.533. The van der Waals surface area contributed by atoms with Gasteiger partial charge in [0.2, 0.25) is 5.91 Å². The average molecular weight is 289 g/mol. The molecule has 2 aromatic heterocycles. The molecule has 2 rings (SSSR count). The number of pyridine rings is 1. The predicted octanol–water partition coefficient (Wildman–Crippen LogP) is 1.98. The van der Waals surface area contributed by atoms with Crippen molar-refractivity contribution in [3.63, 3.8) is 0 Å². The topological polar surface area (TPSA) is 85.8 Å². The van der Waals surface area contributed by atoms with Gasteiger partial charge < -0.3 is 11.1 Å². The monoisotopic (exact) mass is 289 g/mol. The Morgan fingerprint density at radius 2 is 1.95 bits per heavy atom. The number of rotatable bonds is 3. The first-order valence-electron chi connectivity index (χ1n) is 6.94. The van der Waals surface area contributed by atoms with Crippen molar-refractivity contribution in [2.45, 2.75) is 40.2 Å². The van der Waals surface area contributed by atoms with E-state index in [9.17, 15) is 4.79 Å².